The van der Waals surface area contributed by atoms with Crippen molar-refractivity contribution in [2.75, 3.05) is 19.8 Å². The van der Waals surface area contributed by atoms with Gasteiger partial charge >= 0.3 is 17.9 Å². The lowest BCUT2D eigenvalue weighted by molar-refractivity contribution is -0.157. The van der Waals surface area contributed by atoms with Crippen LogP contribution in [0, 0.1) is 0 Å². The molecule has 0 spiro atoms. The average molecular weight is 300 g/mol. The number of ether oxygens (including phenoxy) is 3. The van der Waals surface area contributed by atoms with E-state index >= 15 is 0 Å². The molecule has 6 heteroatoms. The smallest absolute Gasteiger partial charge is 0.344 e. The van der Waals surface area contributed by atoms with Gasteiger partial charge in [0, 0.05) is 5.57 Å². The summed E-state index contributed by atoms with van der Waals surface area (Å²) in [6.07, 6.45) is 3.11. The summed E-state index contributed by atoms with van der Waals surface area (Å²) in [7, 11) is 0. The van der Waals surface area contributed by atoms with Crippen LogP contribution in [0.5, 0.6) is 0 Å². The van der Waals surface area contributed by atoms with E-state index in [1.807, 2.05) is 13.8 Å². The van der Waals surface area contributed by atoms with Crippen LogP contribution in [-0.2, 0) is 28.6 Å². The highest BCUT2D eigenvalue weighted by atomic mass is 16.6. The number of esters is 3. The van der Waals surface area contributed by atoms with Crippen LogP contribution in [0.15, 0.2) is 12.2 Å². The Kier molecular flexibility index (Phi) is 10.9. The second kappa shape index (κ2) is 11.9. The molecule has 0 aliphatic heterocycles. The zero-order valence-electron chi connectivity index (χ0n) is 12.8. The van der Waals surface area contributed by atoms with Crippen molar-refractivity contribution in [1.82, 2.24) is 0 Å². The normalized spacial score (nSPS) is 9.81. The highest BCUT2D eigenvalue weighted by Gasteiger charge is 2.16. The van der Waals surface area contributed by atoms with E-state index in [2.05, 4.69) is 6.58 Å². The van der Waals surface area contributed by atoms with Gasteiger partial charge in [-0.2, -0.15) is 0 Å². The Balaban J connectivity index is 3.86. The number of carbonyl (C=O) groups excluding carboxylic acids is 3. The second-order valence-corrected chi connectivity index (χ2v) is 4.50. The van der Waals surface area contributed by atoms with Crippen molar-refractivity contribution < 1.29 is 28.6 Å². The van der Waals surface area contributed by atoms with E-state index in [9.17, 15) is 14.4 Å². The van der Waals surface area contributed by atoms with Crippen molar-refractivity contribution in [1.29, 1.82) is 0 Å². The first kappa shape index (κ1) is 19.1. The van der Waals surface area contributed by atoms with E-state index in [1.165, 1.54) is 0 Å². The largest absolute Gasteiger partial charge is 0.465 e. The van der Waals surface area contributed by atoms with Gasteiger partial charge in [-0.05, 0) is 12.8 Å². The third-order valence-electron chi connectivity index (χ3n) is 2.49. The Morgan fingerprint density at radius 1 is 0.857 bits per heavy atom. The minimum atomic E-state index is -0.796. The van der Waals surface area contributed by atoms with E-state index in [0.29, 0.717) is 13.2 Å². The summed E-state index contributed by atoms with van der Waals surface area (Å²) in [5, 5.41) is 0. The number of hydrogen-bond donors (Lipinski definition) is 0. The summed E-state index contributed by atoms with van der Waals surface area (Å²) in [6.45, 7) is 7.54. The zero-order chi connectivity index (χ0) is 16.1. The van der Waals surface area contributed by atoms with Gasteiger partial charge < -0.3 is 14.2 Å². The maximum Gasteiger partial charge on any atom is 0.344 e. The fourth-order valence-electron chi connectivity index (χ4n) is 1.23. The van der Waals surface area contributed by atoms with Crippen molar-refractivity contribution in [2.24, 2.45) is 0 Å². The van der Waals surface area contributed by atoms with Crippen LogP contribution in [0.4, 0.5) is 0 Å². The molecule has 0 aromatic heterocycles. The van der Waals surface area contributed by atoms with Gasteiger partial charge in [0.05, 0.1) is 19.6 Å². The second-order valence-electron chi connectivity index (χ2n) is 4.50. The lowest BCUT2D eigenvalue weighted by Crippen LogP contribution is -2.19. The highest BCUT2D eigenvalue weighted by Crippen LogP contribution is 2.04. The van der Waals surface area contributed by atoms with Crippen LogP contribution in [0.25, 0.3) is 0 Å². The van der Waals surface area contributed by atoms with Gasteiger partial charge in [0.1, 0.15) is 0 Å². The molecule has 0 fully saturated rings. The maximum absolute atomic E-state index is 11.5. The summed E-state index contributed by atoms with van der Waals surface area (Å²) in [4.78, 5) is 34.1. The Labute approximate surface area is 125 Å². The molecule has 0 saturated heterocycles. The Hall–Kier alpha value is -1.85. The minimum Gasteiger partial charge on any atom is -0.465 e. The fraction of sp³-hybridized carbons (Fsp3) is 0.667. The maximum atomic E-state index is 11.5. The summed E-state index contributed by atoms with van der Waals surface area (Å²) in [5.74, 6) is -1.94. The predicted molar refractivity (Wildman–Crippen MR) is 76.5 cm³/mol. The van der Waals surface area contributed by atoms with Gasteiger partial charge in [-0.25, -0.2) is 9.59 Å². The monoisotopic (exact) mass is 300 g/mol. The van der Waals surface area contributed by atoms with E-state index in [-0.39, 0.29) is 12.0 Å². The number of carbonyl (C=O) groups is 3. The van der Waals surface area contributed by atoms with Crippen molar-refractivity contribution >= 4 is 17.9 Å². The van der Waals surface area contributed by atoms with Gasteiger partial charge in [-0.1, -0.05) is 33.3 Å². The summed E-state index contributed by atoms with van der Waals surface area (Å²) < 4.78 is 14.4. The minimum absolute atomic E-state index is 0.0437. The topological polar surface area (TPSA) is 78.9 Å². The first-order valence-electron chi connectivity index (χ1n) is 7.17. The molecule has 0 rings (SSSR count). The molecular formula is C15H24O6. The van der Waals surface area contributed by atoms with Crippen LogP contribution in [-0.4, -0.2) is 37.7 Å². The van der Waals surface area contributed by atoms with Crippen molar-refractivity contribution in [3.8, 4) is 0 Å². The Bertz CT molecular complexity index is 361. The summed E-state index contributed by atoms with van der Waals surface area (Å²) in [5.41, 5.74) is -0.0437. The van der Waals surface area contributed by atoms with Crippen molar-refractivity contribution in [3.05, 3.63) is 12.2 Å². The molecule has 0 N–H and O–H groups in total. The van der Waals surface area contributed by atoms with Gasteiger partial charge in [0.25, 0.3) is 0 Å². The highest BCUT2D eigenvalue weighted by molar-refractivity contribution is 5.94. The summed E-state index contributed by atoms with van der Waals surface area (Å²) in [6, 6.07) is 0. The molecule has 120 valence electrons. The van der Waals surface area contributed by atoms with Crippen LogP contribution in [0.3, 0.4) is 0 Å². The lowest BCUT2D eigenvalue weighted by atomic mass is 10.2. The Morgan fingerprint density at radius 2 is 1.38 bits per heavy atom. The molecule has 0 aromatic carbocycles. The van der Waals surface area contributed by atoms with Gasteiger partial charge in [0.2, 0.25) is 0 Å². The van der Waals surface area contributed by atoms with E-state index in [1.54, 1.807) is 0 Å². The third kappa shape index (κ3) is 10.6. The molecular weight excluding hydrogens is 276 g/mol. The molecule has 0 saturated carbocycles. The predicted octanol–water partition coefficient (Wildman–Crippen LogP) is 2.16. The zero-order valence-corrected chi connectivity index (χ0v) is 12.8. The Morgan fingerprint density at radius 3 is 1.90 bits per heavy atom. The molecule has 0 aromatic rings. The standard InChI is InChI=1S/C15H24O6/c1-4-6-8-19-13(16)10-12(3)15(18)21-11-14(17)20-9-7-5-2/h3-11H2,1-2H3. The van der Waals surface area contributed by atoms with Crippen LogP contribution in [0.1, 0.15) is 46.0 Å². The van der Waals surface area contributed by atoms with E-state index in [0.717, 1.165) is 25.7 Å². The lowest BCUT2D eigenvalue weighted by Gasteiger charge is -2.07. The molecule has 0 bridgehead atoms. The number of rotatable bonds is 11. The van der Waals surface area contributed by atoms with Crippen LogP contribution < -0.4 is 0 Å². The fourth-order valence-corrected chi connectivity index (χ4v) is 1.23. The van der Waals surface area contributed by atoms with Gasteiger partial charge in [0.15, 0.2) is 6.61 Å². The van der Waals surface area contributed by atoms with Crippen molar-refractivity contribution in [2.45, 2.75) is 46.0 Å². The van der Waals surface area contributed by atoms with Crippen LogP contribution in [0.2, 0.25) is 0 Å². The first-order valence-corrected chi connectivity index (χ1v) is 7.17. The SMILES string of the molecule is C=C(CC(=O)OCCCC)C(=O)OCC(=O)OCCCC. The summed E-state index contributed by atoms with van der Waals surface area (Å²) >= 11 is 0. The third-order valence-corrected chi connectivity index (χ3v) is 2.49. The average Bonchev–Trinajstić information content (AvgIpc) is 2.45. The van der Waals surface area contributed by atoms with Gasteiger partial charge in [-0.3, -0.25) is 4.79 Å². The molecule has 6 nitrogen and oxygen atoms in total. The molecule has 0 unspecified atom stereocenters. The molecule has 0 heterocycles. The first-order chi connectivity index (χ1) is 10.0. The van der Waals surface area contributed by atoms with Crippen LogP contribution >= 0.6 is 0 Å². The number of unbranched alkanes of at least 4 members (excludes halogenated alkanes) is 2. The molecule has 0 aliphatic rings. The number of hydrogen-bond acceptors (Lipinski definition) is 6. The molecule has 0 radical (unpaired) electrons. The molecule has 21 heavy (non-hydrogen) atoms. The molecule has 0 aliphatic carbocycles. The van der Waals surface area contributed by atoms with E-state index < -0.39 is 24.5 Å². The molecule has 0 atom stereocenters. The quantitative estimate of drug-likeness (QED) is 0.252. The van der Waals surface area contributed by atoms with E-state index in [4.69, 9.17) is 14.2 Å². The molecule has 0 amide bonds. The van der Waals surface area contributed by atoms with Crippen molar-refractivity contribution in [3.63, 3.8) is 0 Å². The van der Waals surface area contributed by atoms with Gasteiger partial charge in [-0.15, -0.1) is 0 Å².